The summed E-state index contributed by atoms with van der Waals surface area (Å²) < 4.78 is 38.2. The Balaban J connectivity index is 1.71. The van der Waals surface area contributed by atoms with Crippen LogP contribution in [0, 0.1) is 0 Å². The van der Waals surface area contributed by atoms with Gasteiger partial charge in [-0.15, -0.1) is 0 Å². The summed E-state index contributed by atoms with van der Waals surface area (Å²) >= 11 is 0. The van der Waals surface area contributed by atoms with Gasteiger partial charge in [-0.1, -0.05) is 36.4 Å². The third-order valence-corrected chi connectivity index (χ3v) is 6.20. The maximum Gasteiger partial charge on any atom is 0.264 e. The van der Waals surface area contributed by atoms with Gasteiger partial charge in [-0.25, -0.2) is 8.42 Å². The first-order chi connectivity index (χ1) is 15.0. The monoisotopic (exact) mass is 440 g/mol. The van der Waals surface area contributed by atoms with Crippen molar-refractivity contribution in [2.75, 3.05) is 31.1 Å². The molecule has 0 heterocycles. The fraction of sp³-hybridized carbons (Fsp3) is 0.174. The van der Waals surface area contributed by atoms with Gasteiger partial charge in [0.25, 0.3) is 10.0 Å². The van der Waals surface area contributed by atoms with Gasteiger partial charge < -0.3 is 14.8 Å². The molecule has 0 spiro atoms. The Morgan fingerprint density at radius 1 is 0.871 bits per heavy atom. The summed E-state index contributed by atoms with van der Waals surface area (Å²) in [5, 5.41) is 2.70. The molecule has 0 aliphatic rings. The van der Waals surface area contributed by atoms with E-state index >= 15 is 0 Å². The number of para-hydroxylation sites is 1. The fourth-order valence-corrected chi connectivity index (χ4v) is 4.29. The van der Waals surface area contributed by atoms with E-state index in [9.17, 15) is 13.2 Å². The lowest BCUT2D eigenvalue weighted by atomic mass is 10.3. The molecule has 0 saturated heterocycles. The van der Waals surface area contributed by atoms with Crippen molar-refractivity contribution in [3.8, 4) is 11.5 Å². The molecule has 31 heavy (non-hydrogen) atoms. The number of anilines is 1. The van der Waals surface area contributed by atoms with E-state index in [1.165, 1.54) is 19.2 Å². The molecule has 0 unspecified atom stereocenters. The lowest BCUT2D eigenvalue weighted by Crippen LogP contribution is -2.41. The molecule has 0 aromatic heterocycles. The highest BCUT2D eigenvalue weighted by Crippen LogP contribution is 2.25. The molecule has 7 nitrogen and oxygen atoms in total. The predicted octanol–water partition coefficient (Wildman–Crippen LogP) is 3.09. The molecule has 1 amide bonds. The van der Waals surface area contributed by atoms with E-state index in [0.29, 0.717) is 17.2 Å². The van der Waals surface area contributed by atoms with Crippen molar-refractivity contribution in [3.05, 3.63) is 84.9 Å². The Morgan fingerprint density at radius 2 is 1.48 bits per heavy atom. The highest BCUT2D eigenvalue weighted by Gasteiger charge is 2.27. The molecule has 0 aliphatic carbocycles. The second-order valence-corrected chi connectivity index (χ2v) is 8.40. The number of nitrogens with one attached hydrogen (secondary N) is 1. The van der Waals surface area contributed by atoms with Crippen LogP contribution in [0.1, 0.15) is 0 Å². The number of hydrogen-bond acceptors (Lipinski definition) is 5. The number of benzene rings is 3. The van der Waals surface area contributed by atoms with Crippen molar-refractivity contribution in [1.82, 2.24) is 5.32 Å². The van der Waals surface area contributed by atoms with Crippen LogP contribution >= 0.6 is 0 Å². The largest absolute Gasteiger partial charge is 0.497 e. The van der Waals surface area contributed by atoms with Crippen LogP contribution in [0.3, 0.4) is 0 Å². The van der Waals surface area contributed by atoms with Gasteiger partial charge in [0.15, 0.2) is 0 Å². The Morgan fingerprint density at radius 3 is 2.10 bits per heavy atom. The van der Waals surface area contributed by atoms with Crippen LogP contribution < -0.4 is 19.1 Å². The minimum Gasteiger partial charge on any atom is -0.497 e. The summed E-state index contributed by atoms with van der Waals surface area (Å²) in [6.45, 7) is 0.147. The number of carbonyl (C=O) groups is 1. The van der Waals surface area contributed by atoms with Gasteiger partial charge in [0, 0.05) is 0 Å². The molecule has 0 atom stereocenters. The van der Waals surface area contributed by atoms with Crippen molar-refractivity contribution in [2.24, 2.45) is 0 Å². The molecule has 3 rings (SSSR count). The van der Waals surface area contributed by atoms with Gasteiger partial charge in [-0.2, -0.15) is 0 Å². The van der Waals surface area contributed by atoms with E-state index in [0.717, 1.165) is 4.31 Å². The van der Waals surface area contributed by atoms with Gasteiger partial charge in [-0.3, -0.25) is 9.10 Å². The Labute approximate surface area is 182 Å². The lowest BCUT2D eigenvalue weighted by molar-refractivity contribution is -0.119. The minimum absolute atomic E-state index is 0.103. The van der Waals surface area contributed by atoms with Gasteiger partial charge in [0.05, 0.1) is 24.2 Å². The third-order valence-electron chi connectivity index (χ3n) is 4.41. The molecule has 0 radical (unpaired) electrons. The number of carbonyl (C=O) groups excluding carboxylic acids is 1. The number of ether oxygens (including phenoxy) is 2. The van der Waals surface area contributed by atoms with Crippen molar-refractivity contribution in [2.45, 2.75) is 4.90 Å². The fourth-order valence-electron chi connectivity index (χ4n) is 2.85. The SMILES string of the molecule is COc1ccc(N(CC(=O)NCCOc2ccccc2)S(=O)(=O)c2ccccc2)cc1. The summed E-state index contributed by atoms with van der Waals surface area (Å²) in [6, 6.07) is 23.7. The van der Waals surface area contributed by atoms with E-state index < -0.39 is 15.9 Å². The standard InChI is InChI=1S/C23H24N2O5S/c1-29-20-14-12-19(13-15-20)25(31(27,28)22-10-6-3-7-11-22)18-23(26)24-16-17-30-21-8-4-2-5-9-21/h2-15H,16-18H2,1H3,(H,24,26). The highest BCUT2D eigenvalue weighted by molar-refractivity contribution is 7.92. The molecular formula is C23H24N2O5S. The average Bonchev–Trinajstić information content (AvgIpc) is 2.81. The van der Waals surface area contributed by atoms with Crippen molar-refractivity contribution < 1.29 is 22.7 Å². The van der Waals surface area contributed by atoms with Crippen molar-refractivity contribution in [1.29, 1.82) is 0 Å². The second kappa shape index (κ2) is 10.5. The summed E-state index contributed by atoms with van der Waals surface area (Å²) in [5.41, 5.74) is 0.361. The molecule has 8 heteroatoms. The van der Waals surface area contributed by atoms with E-state index in [4.69, 9.17) is 9.47 Å². The summed E-state index contributed by atoms with van der Waals surface area (Å²) in [4.78, 5) is 12.6. The minimum atomic E-state index is -3.94. The highest BCUT2D eigenvalue weighted by atomic mass is 32.2. The number of rotatable bonds is 10. The van der Waals surface area contributed by atoms with Gasteiger partial charge in [0.1, 0.15) is 24.7 Å². The number of nitrogens with zero attached hydrogens (tertiary/aromatic N) is 1. The average molecular weight is 441 g/mol. The maximum atomic E-state index is 13.2. The maximum absolute atomic E-state index is 13.2. The van der Waals surface area contributed by atoms with Gasteiger partial charge in [0.2, 0.25) is 5.91 Å². The summed E-state index contributed by atoms with van der Waals surface area (Å²) in [6.07, 6.45) is 0. The van der Waals surface area contributed by atoms with E-state index in [-0.39, 0.29) is 24.6 Å². The summed E-state index contributed by atoms with van der Waals surface area (Å²) in [5.74, 6) is 0.846. The number of sulfonamides is 1. The first-order valence-corrected chi connectivity index (χ1v) is 11.1. The smallest absolute Gasteiger partial charge is 0.264 e. The Hall–Kier alpha value is -3.52. The lowest BCUT2D eigenvalue weighted by Gasteiger charge is -2.24. The van der Waals surface area contributed by atoms with Crippen LogP contribution in [0.2, 0.25) is 0 Å². The Kier molecular flexibility index (Phi) is 7.50. The molecule has 0 bridgehead atoms. The van der Waals surface area contributed by atoms with Gasteiger partial charge in [-0.05, 0) is 48.5 Å². The van der Waals surface area contributed by atoms with Crippen LogP contribution in [0.15, 0.2) is 89.8 Å². The third kappa shape index (κ3) is 5.99. The van der Waals surface area contributed by atoms with E-state index in [2.05, 4.69) is 5.32 Å². The van der Waals surface area contributed by atoms with E-state index in [1.807, 2.05) is 30.3 Å². The molecule has 0 fully saturated rings. The van der Waals surface area contributed by atoms with Crippen LogP contribution in [-0.2, 0) is 14.8 Å². The zero-order valence-electron chi connectivity index (χ0n) is 17.1. The van der Waals surface area contributed by atoms with Crippen molar-refractivity contribution >= 4 is 21.6 Å². The predicted molar refractivity (Wildman–Crippen MR) is 119 cm³/mol. The number of amides is 1. The molecule has 3 aromatic carbocycles. The molecule has 3 aromatic rings. The van der Waals surface area contributed by atoms with Crippen LogP contribution in [0.4, 0.5) is 5.69 Å². The molecule has 162 valence electrons. The first kappa shape index (κ1) is 22.2. The van der Waals surface area contributed by atoms with Crippen molar-refractivity contribution in [3.63, 3.8) is 0 Å². The number of methoxy groups -OCH3 is 1. The zero-order chi connectivity index (χ0) is 22.1. The van der Waals surface area contributed by atoms with E-state index in [1.54, 1.807) is 42.5 Å². The molecule has 1 N–H and O–H groups in total. The van der Waals surface area contributed by atoms with Crippen LogP contribution in [0.25, 0.3) is 0 Å². The number of hydrogen-bond donors (Lipinski definition) is 1. The van der Waals surface area contributed by atoms with Gasteiger partial charge >= 0.3 is 0 Å². The normalized spacial score (nSPS) is 10.9. The molecular weight excluding hydrogens is 416 g/mol. The first-order valence-electron chi connectivity index (χ1n) is 9.67. The second-order valence-electron chi connectivity index (χ2n) is 6.53. The molecule has 0 aliphatic heterocycles. The van der Waals surface area contributed by atoms with Crippen LogP contribution in [0.5, 0.6) is 11.5 Å². The zero-order valence-corrected chi connectivity index (χ0v) is 17.9. The molecule has 0 saturated carbocycles. The van der Waals surface area contributed by atoms with Crippen LogP contribution in [-0.4, -0.2) is 41.1 Å². The quantitative estimate of drug-likeness (QED) is 0.490. The topological polar surface area (TPSA) is 84.9 Å². The summed E-state index contributed by atoms with van der Waals surface area (Å²) in [7, 11) is -2.42. The Bertz CT molecular complexity index is 1070.